The average Bonchev–Trinajstić information content (AvgIpc) is 3.20. The average molecular weight is 275 g/mol. The number of carbonyl (C=O) groups excluding carboxylic acids is 1. The molecule has 1 saturated carbocycles. The summed E-state index contributed by atoms with van der Waals surface area (Å²) in [5.41, 5.74) is 3.66. The van der Waals surface area contributed by atoms with E-state index in [9.17, 15) is 4.79 Å². The van der Waals surface area contributed by atoms with Crippen LogP contribution in [0.15, 0.2) is 18.2 Å². The summed E-state index contributed by atoms with van der Waals surface area (Å²) >= 11 is 0. The van der Waals surface area contributed by atoms with Gasteiger partial charge in [-0.2, -0.15) is 0 Å². The van der Waals surface area contributed by atoms with Crippen LogP contribution in [0.1, 0.15) is 30.9 Å². The second-order valence-corrected chi connectivity index (χ2v) is 5.59. The number of amides is 1. The van der Waals surface area contributed by atoms with Gasteiger partial charge in [-0.25, -0.2) is 0 Å². The zero-order valence-electron chi connectivity index (χ0n) is 12.7. The minimum absolute atomic E-state index is 0.115. The Kier molecular flexibility index (Phi) is 5.01. The summed E-state index contributed by atoms with van der Waals surface area (Å²) in [6, 6.07) is 6.81. The molecular formula is C16H25N3O. The van der Waals surface area contributed by atoms with E-state index in [2.05, 4.69) is 42.7 Å². The van der Waals surface area contributed by atoms with E-state index in [0.29, 0.717) is 12.6 Å². The van der Waals surface area contributed by atoms with Crippen LogP contribution < -0.4 is 15.5 Å². The number of hydrogen-bond acceptors (Lipinski definition) is 3. The largest absolute Gasteiger partial charge is 0.365 e. The van der Waals surface area contributed by atoms with E-state index >= 15 is 0 Å². The van der Waals surface area contributed by atoms with Gasteiger partial charge in [-0.05, 0) is 49.6 Å². The number of nitrogens with zero attached hydrogens (tertiary/aromatic N) is 1. The van der Waals surface area contributed by atoms with E-state index in [-0.39, 0.29) is 5.91 Å². The Hall–Kier alpha value is -1.55. The molecule has 0 unspecified atom stereocenters. The van der Waals surface area contributed by atoms with E-state index in [4.69, 9.17) is 0 Å². The number of hydrogen-bond donors (Lipinski definition) is 2. The van der Waals surface area contributed by atoms with Gasteiger partial charge in [-0.1, -0.05) is 13.0 Å². The van der Waals surface area contributed by atoms with Crippen molar-refractivity contribution >= 4 is 11.6 Å². The van der Waals surface area contributed by atoms with Crippen LogP contribution in [0.3, 0.4) is 0 Å². The van der Waals surface area contributed by atoms with Gasteiger partial charge < -0.3 is 15.5 Å². The van der Waals surface area contributed by atoms with Crippen molar-refractivity contribution in [3.05, 3.63) is 29.3 Å². The first-order chi connectivity index (χ1) is 9.60. The Morgan fingerprint density at radius 2 is 2.15 bits per heavy atom. The zero-order chi connectivity index (χ0) is 14.5. The molecule has 0 aromatic heterocycles. The van der Waals surface area contributed by atoms with Gasteiger partial charge in [0.25, 0.3) is 0 Å². The smallest absolute Gasteiger partial charge is 0.239 e. The Bertz CT molecular complexity index is 469. The van der Waals surface area contributed by atoms with Gasteiger partial charge in [-0.15, -0.1) is 0 Å². The maximum Gasteiger partial charge on any atom is 0.239 e. The lowest BCUT2D eigenvalue weighted by atomic mass is 10.1. The third-order valence-electron chi connectivity index (χ3n) is 3.66. The number of nitrogens with one attached hydrogen (secondary N) is 2. The topological polar surface area (TPSA) is 44.4 Å². The van der Waals surface area contributed by atoms with E-state index in [1.165, 1.54) is 11.1 Å². The molecule has 4 heteroatoms. The highest BCUT2D eigenvalue weighted by molar-refractivity contribution is 5.81. The predicted octanol–water partition coefficient (Wildman–Crippen LogP) is 1.82. The standard InChI is InChI=1S/C16H25N3O/c1-4-17-10-13-5-8-15(9-12(13)2)19(3)11-16(20)18-14-6-7-14/h5,8-9,14,17H,4,6-7,10-11H2,1-3H3,(H,18,20). The first kappa shape index (κ1) is 14.9. The van der Waals surface area contributed by atoms with Gasteiger partial charge in [0.05, 0.1) is 6.54 Å². The lowest BCUT2D eigenvalue weighted by Gasteiger charge is -2.20. The highest BCUT2D eigenvalue weighted by Gasteiger charge is 2.23. The summed E-state index contributed by atoms with van der Waals surface area (Å²) < 4.78 is 0. The second-order valence-electron chi connectivity index (χ2n) is 5.59. The van der Waals surface area contributed by atoms with Gasteiger partial charge in [-0.3, -0.25) is 4.79 Å². The van der Waals surface area contributed by atoms with E-state index in [1.807, 2.05) is 11.9 Å². The first-order valence-electron chi connectivity index (χ1n) is 7.41. The number of likely N-dealkylation sites (N-methyl/N-ethyl adjacent to an activating group) is 1. The van der Waals surface area contributed by atoms with Gasteiger partial charge in [0.2, 0.25) is 5.91 Å². The van der Waals surface area contributed by atoms with Crippen molar-refractivity contribution in [3.8, 4) is 0 Å². The Morgan fingerprint density at radius 3 is 2.75 bits per heavy atom. The van der Waals surface area contributed by atoms with Crippen molar-refractivity contribution in [2.24, 2.45) is 0 Å². The molecule has 1 amide bonds. The second kappa shape index (κ2) is 6.75. The molecule has 1 aromatic carbocycles. The molecule has 0 atom stereocenters. The molecule has 1 aliphatic carbocycles. The minimum atomic E-state index is 0.115. The quantitative estimate of drug-likeness (QED) is 0.798. The van der Waals surface area contributed by atoms with Crippen molar-refractivity contribution in [1.29, 1.82) is 0 Å². The molecule has 4 nitrogen and oxygen atoms in total. The molecule has 1 fully saturated rings. The zero-order valence-corrected chi connectivity index (χ0v) is 12.7. The maximum atomic E-state index is 11.8. The van der Waals surface area contributed by atoms with Crippen LogP contribution in [0.4, 0.5) is 5.69 Å². The number of anilines is 1. The monoisotopic (exact) mass is 275 g/mol. The fraction of sp³-hybridized carbons (Fsp3) is 0.562. The lowest BCUT2D eigenvalue weighted by molar-refractivity contribution is -0.119. The number of carbonyl (C=O) groups is 1. The molecule has 110 valence electrons. The number of rotatable bonds is 7. The van der Waals surface area contributed by atoms with Crippen molar-refractivity contribution < 1.29 is 4.79 Å². The normalized spacial score (nSPS) is 14.2. The van der Waals surface area contributed by atoms with Crippen molar-refractivity contribution in [1.82, 2.24) is 10.6 Å². The number of benzene rings is 1. The summed E-state index contributed by atoms with van der Waals surface area (Å²) in [6.45, 7) is 6.52. The van der Waals surface area contributed by atoms with Crippen LogP contribution in [0.5, 0.6) is 0 Å². The molecule has 0 heterocycles. The van der Waals surface area contributed by atoms with Crippen molar-refractivity contribution in [3.63, 3.8) is 0 Å². The summed E-state index contributed by atoms with van der Waals surface area (Å²) in [5, 5.41) is 6.35. The third kappa shape index (κ3) is 4.23. The lowest BCUT2D eigenvalue weighted by Crippen LogP contribution is -2.36. The summed E-state index contributed by atoms with van der Waals surface area (Å²) in [4.78, 5) is 13.8. The van der Waals surface area contributed by atoms with Crippen molar-refractivity contribution in [2.45, 2.75) is 39.3 Å². The molecule has 1 aromatic rings. The predicted molar refractivity (Wildman–Crippen MR) is 83.0 cm³/mol. The third-order valence-corrected chi connectivity index (χ3v) is 3.66. The van der Waals surface area contributed by atoms with Gasteiger partial charge in [0, 0.05) is 25.3 Å². The minimum Gasteiger partial charge on any atom is -0.365 e. The van der Waals surface area contributed by atoms with Crippen LogP contribution in [0, 0.1) is 6.92 Å². The molecule has 2 N–H and O–H groups in total. The Labute approximate surface area is 121 Å². The van der Waals surface area contributed by atoms with Crippen molar-refractivity contribution in [2.75, 3.05) is 25.0 Å². The highest BCUT2D eigenvalue weighted by Crippen LogP contribution is 2.20. The maximum absolute atomic E-state index is 11.8. The molecular weight excluding hydrogens is 250 g/mol. The van der Waals surface area contributed by atoms with Crippen LogP contribution in [-0.2, 0) is 11.3 Å². The molecule has 0 saturated heterocycles. The Morgan fingerprint density at radius 1 is 1.40 bits per heavy atom. The van der Waals surface area contributed by atoms with Crippen LogP contribution >= 0.6 is 0 Å². The van der Waals surface area contributed by atoms with Gasteiger partial charge in [0.1, 0.15) is 0 Å². The van der Waals surface area contributed by atoms with E-state index < -0.39 is 0 Å². The fourth-order valence-electron chi connectivity index (χ4n) is 2.18. The van der Waals surface area contributed by atoms with Crippen LogP contribution in [0.2, 0.25) is 0 Å². The van der Waals surface area contributed by atoms with Gasteiger partial charge >= 0.3 is 0 Å². The summed E-state index contributed by atoms with van der Waals surface area (Å²) in [6.07, 6.45) is 2.27. The molecule has 1 aliphatic rings. The number of aryl methyl sites for hydroxylation is 1. The van der Waals surface area contributed by atoms with Crippen LogP contribution in [0.25, 0.3) is 0 Å². The first-order valence-corrected chi connectivity index (χ1v) is 7.41. The highest BCUT2D eigenvalue weighted by atomic mass is 16.2. The SMILES string of the molecule is CCNCc1ccc(N(C)CC(=O)NC2CC2)cc1C. The molecule has 2 rings (SSSR count). The molecule has 0 aliphatic heterocycles. The summed E-state index contributed by atoms with van der Waals surface area (Å²) in [7, 11) is 1.96. The van der Waals surface area contributed by atoms with Gasteiger partial charge in [0.15, 0.2) is 0 Å². The molecule has 0 bridgehead atoms. The molecule has 20 heavy (non-hydrogen) atoms. The summed E-state index contributed by atoms with van der Waals surface area (Å²) in [5.74, 6) is 0.115. The molecule has 0 radical (unpaired) electrons. The van der Waals surface area contributed by atoms with Crippen LogP contribution in [-0.4, -0.2) is 32.1 Å². The van der Waals surface area contributed by atoms with E-state index in [1.54, 1.807) is 0 Å². The van der Waals surface area contributed by atoms with E-state index in [0.717, 1.165) is 31.6 Å². The fourth-order valence-corrected chi connectivity index (χ4v) is 2.18. The molecule has 0 spiro atoms. The Balaban J connectivity index is 1.93.